The quantitative estimate of drug-likeness (QED) is 0.699. The van der Waals surface area contributed by atoms with Gasteiger partial charge in [-0.3, -0.25) is 4.79 Å². The fourth-order valence-corrected chi connectivity index (χ4v) is 2.45. The summed E-state index contributed by atoms with van der Waals surface area (Å²) in [6, 6.07) is 8.21. The molecular weight excluding hydrogens is 264 g/mol. The molecule has 0 spiro atoms. The highest BCUT2D eigenvalue weighted by Gasteiger charge is 2.06. The second-order valence-electron chi connectivity index (χ2n) is 5.41. The lowest BCUT2D eigenvalue weighted by Gasteiger charge is -2.08. The lowest BCUT2D eigenvalue weighted by molar-refractivity contribution is -0.121. The van der Waals surface area contributed by atoms with Crippen LogP contribution in [0.2, 0.25) is 0 Å². The molecule has 1 amide bonds. The number of fused-ring (bicyclic) bond motifs is 1. The minimum absolute atomic E-state index is 0.0677. The van der Waals surface area contributed by atoms with Gasteiger partial charge in [0.25, 0.3) is 0 Å². The number of nitrogens with one attached hydrogen (secondary N) is 2. The Morgan fingerprint density at radius 1 is 1.38 bits per heavy atom. The minimum Gasteiger partial charge on any atom is -0.393 e. The molecule has 0 fully saturated rings. The standard InChI is InChI=1S/C17H24N2O2/c1-2-14(20)10-11-18-17(21)9-5-6-13-12-19-16-8-4-3-7-15(13)16/h3-4,7-8,12,14,19-20H,2,5-6,9-11H2,1H3,(H,18,21). The van der Waals surface area contributed by atoms with Gasteiger partial charge in [-0.05, 0) is 37.3 Å². The Bertz CT molecular complexity index is 577. The number of H-pyrrole nitrogens is 1. The van der Waals surface area contributed by atoms with Crippen LogP contribution < -0.4 is 5.32 Å². The first-order valence-corrected chi connectivity index (χ1v) is 7.70. The summed E-state index contributed by atoms with van der Waals surface area (Å²) >= 11 is 0. The molecule has 4 nitrogen and oxygen atoms in total. The Labute approximate surface area is 125 Å². The zero-order chi connectivity index (χ0) is 15.1. The molecule has 0 saturated heterocycles. The summed E-state index contributed by atoms with van der Waals surface area (Å²) in [5.74, 6) is 0.0677. The second-order valence-corrected chi connectivity index (χ2v) is 5.41. The fourth-order valence-electron chi connectivity index (χ4n) is 2.45. The van der Waals surface area contributed by atoms with Gasteiger partial charge in [0.1, 0.15) is 0 Å². The molecule has 21 heavy (non-hydrogen) atoms. The molecule has 114 valence electrons. The van der Waals surface area contributed by atoms with E-state index in [1.807, 2.05) is 25.3 Å². The normalized spacial score (nSPS) is 12.5. The van der Waals surface area contributed by atoms with Gasteiger partial charge in [0.15, 0.2) is 0 Å². The maximum atomic E-state index is 11.7. The summed E-state index contributed by atoms with van der Waals surface area (Å²) in [4.78, 5) is 15.0. The lowest BCUT2D eigenvalue weighted by atomic mass is 10.1. The van der Waals surface area contributed by atoms with Crippen LogP contribution in [0.15, 0.2) is 30.5 Å². The number of aliphatic hydroxyl groups is 1. The molecule has 0 radical (unpaired) electrons. The molecule has 4 heteroatoms. The van der Waals surface area contributed by atoms with E-state index in [4.69, 9.17) is 0 Å². The van der Waals surface area contributed by atoms with Crippen molar-refractivity contribution in [2.45, 2.75) is 45.1 Å². The van der Waals surface area contributed by atoms with Crippen LogP contribution in [0.4, 0.5) is 0 Å². The summed E-state index contributed by atoms with van der Waals surface area (Å²) in [5, 5.41) is 13.5. The Morgan fingerprint density at radius 3 is 3.00 bits per heavy atom. The number of para-hydroxylation sites is 1. The van der Waals surface area contributed by atoms with Gasteiger partial charge in [-0.1, -0.05) is 25.1 Å². The Morgan fingerprint density at radius 2 is 2.19 bits per heavy atom. The van der Waals surface area contributed by atoms with E-state index in [0.717, 1.165) is 24.8 Å². The van der Waals surface area contributed by atoms with Crippen molar-refractivity contribution < 1.29 is 9.90 Å². The van der Waals surface area contributed by atoms with Crippen molar-refractivity contribution in [1.82, 2.24) is 10.3 Å². The Hall–Kier alpha value is -1.81. The monoisotopic (exact) mass is 288 g/mol. The van der Waals surface area contributed by atoms with E-state index in [0.29, 0.717) is 19.4 Å². The highest BCUT2D eigenvalue weighted by atomic mass is 16.3. The van der Waals surface area contributed by atoms with Crippen molar-refractivity contribution in [1.29, 1.82) is 0 Å². The van der Waals surface area contributed by atoms with Crippen LogP contribution >= 0.6 is 0 Å². The van der Waals surface area contributed by atoms with Crippen molar-refractivity contribution >= 4 is 16.8 Å². The number of aryl methyl sites for hydroxylation is 1. The van der Waals surface area contributed by atoms with E-state index in [2.05, 4.69) is 22.4 Å². The molecule has 0 saturated carbocycles. The molecular formula is C17H24N2O2. The van der Waals surface area contributed by atoms with Crippen molar-refractivity contribution in [3.05, 3.63) is 36.0 Å². The molecule has 2 aromatic rings. The maximum Gasteiger partial charge on any atom is 0.220 e. The van der Waals surface area contributed by atoms with E-state index in [9.17, 15) is 9.90 Å². The summed E-state index contributed by atoms with van der Waals surface area (Å²) in [7, 11) is 0. The molecule has 1 atom stereocenters. The van der Waals surface area contributed by atoms with Crippen LogP contribution in [0.1, 0.15) is 38.2 Å². The number of aliphatic hydroxyl groups excluding tert-OH is 1. The summed E-state index contributed by atoms with van der Waals surface area (Å²) in [5.41, 5.74) is 2.41. The van der Waals surface area contributed by atoms with Gasteiger partial charge >= 0.3 is 0 Å². The third kappa shape index (κ3) is 4.60. The largest absolute Gasteiger partial charge is 0.393 e. The molecule has 3 N–H and O–H groups in total. The van der Waals surface area contributed by atoms with Crippen LogP contribution in [0, 0.1) is 0 Å². The molecule has 0 bridgehead atoms. The first-order chi connectivity index (χ1) is 10.2. The van der Waals surface area contributed by atoms with Crippen LogP contribution in [-0.2, 0) is 11.2 Å². The summed E-state index contributed by atoms with van der Waals surface area (Å²) < 4.78 is 0. The molecule has 0 aliphatic carbocycles. The predicted octanol–water partition coefficient (Wildman–Crippen LogP) is 2.77. The smallest absolute Gasteiger partial charge is 0.220 e. The van der Waals surface area contributed by atoms with Gasteiger partial charge in [-0.15, -0.1) is 0 Å². The van der Waals surface area contributed by atoms with Crippen molar-refractivity contribution in [2.24, 2.45) is 0 Å². The predicted molar refractivity (Wildman–Crippen MR) is 85.2 cm³/mol. The fraction of sp³-hybridized carbons (Fsp3) is 0.471. The zero-order valence-electron chi connectivity index (χ0n) is 12.6. The number of carbonyl (C=O) groups is 1. The van der Waals surface area contributed by atoms with Crippen LogP contribution in [0.5, 0.6) is 0 Å². The van der Waals surface area contributed by atoms with E-state index in [1.54, 1.807) is 0 Å². The van der Waals surface area contributed by atoms with Gasteiger partial charge in [-0.2, -0.15) is 0 Å². The van der Waals surface area contributed by atoms with Gasteiger partial charge in [-0.25, -0.2) is 0 Å². The van der Waals surface area contributed by atoms with E-state index < -0.39 is 0 Å². The zero-order valence-corrected chi connectivity index (χ0v) is 12.6. The first kappa shape index (κ1) is 15.6. The van der Waals surface area contributed by atoms with Crippen LogP contribution in [-0.4, -0.2) is 28.6 Å². The van der Waals surface area contributed by atoms with Crippen molar-refractivity contribution in [3.63, 3.8) is 0 Å². The number of rotatable bonds is 8. The van der Waals surface area contributed by atoms with E-state index >= 15 is 0 Å². The average molecular weight is 288 g/mol. The van der Waals surface area contributed by atoms with Crippen LogP contribution in [0.25, 0.3) is 10.9 Å². The minimum atomic E-state index is -0.309. The SMILES string of the molecule is CCC(O)CCNC(=O)CCCc1c[nH]c2ccccc12. The number of amides is 1. The molecule has 1 heterocycles. The molecule has 1 unspecified atom stereocenters. The Balaban J connectivity index is 1.70. The van der Waals surface area contributed by atoms with Gasteiger partial charge in [0, 0.05) is 30.1 Å². The van der Waals surface area contributed by atoms with Gasteiger partial charge < -0.3 is 15.4 Å². The molecule has 1 aromatic carbocycles. The molecule has 0 aliphatic rings. The van der Waals surface area contributed by atoms with Gasteiger partial charge in [0.05, 0.1) is 6.10 Å². The summed E-state index contributed by atoms with van der Waals surface area (Å²) in [6.07, 6.45) is 5.35. The number of benzene rings is 1. The highest BCUT2D eigenvalue weighted by Crippen LogP contribution is 2.19. The van der Waals surface area contributed by atoms with Crippen molar-refractivity contribution in [3.8, 4) is 0 Å². The molecule has 1 aromatic heterocycles. The number of carbonyl (C=O) groups excluding carboxylic acids is 1. The maximum absolute atomic E-state index is 11.7. The molecule has 0 aliphatic heterocycles. The third-order valence-electron chi connectivity index (χ3n) is 3.80. The number of hydrogen-bond acceptors (Lipinski definition) is 2. The first-order valence-electron chi connectivity index (χ1n) is 7.70. The number of hydrogen-bond donors (Lipinski definition) is 3. The number of aromatic nitrogens is 1. The Kier molecular flexibility index (Phi) is 5.81. The summed E-state index contributed by atoms with van der Waals surface area (Å²) in [6.45, 7) is 2.49. The van der Waals surface area contributed by atoms with Crippen LogP contribution in [0.3, 0.4) is 0 Å². The second kappa shape index (κ2) is 7.84. The van der Waals surface area contributed by atoms with E-state index in [1.165, 1.54) is 10.9 Å². The third-order valence-corrected chi connectivity index (χ3v) is 3.80. The van der Waals surface area contributed by atoms with E-state index in [-0.39, 0.29) is 12.0 Å². The van der Waals surface area contributed by atoms with Gasteiger partial charge in [0.2, 0.25) is 5.91 Å². The topological polar surface area (TPSA) is 65.1 Å². The number of aromatic amines is 1. The lowest BCUT2D eigenvalue weighted by Crippen LogP contribution is -2.26. The molecule has 2 rings (SSSR count). The van der Waals surface area contributed by atoms with Crippen molar-refractivity contribution in [2.75, 3.05) is 6.54 Å². The average Bonchev–Trinajstić information content (AvgIpc) is 2.90. The highest BCUT2D eigenvalue weighted by molar-refractivity contribution is 5.83.